The van der Waals surface area contributed by atoms with Crippen LogP contribution in [0.4, 0.5) is 11.4 Å². The van der Waals surface area contributed by atoms with E-state index in [2.05, 4.69) is 5.32 Å². The summed E-state index contributed by atoms with van der Waals surface area (Å²) in [5, 5.41) is 3.31. The Hall–Kier alpha value is -1.56. The molecule has 0 heterocycles. The first-order valence-corrected chi connectivity index (χ1v) is 8.02. The molecule has 0 aliphatic carbocycles. The van der Waals surface area contributed by atoms with Crippen molar-refractivity contribution in [3.05, 3.63) is 52.5 Å². The van der Waals surface area contributed by atoms with Crippen LogP contribution in [-0.2, 0) is 15.6 Å². The lowest BCUT2D eigenvalue weighted by Crippen LogP contribution is -2.20. The number of nitrogens with two attached hydrogens (primary N) is 1. The smallest absolute Gasteiger partial charge is 0.237 e. The third-order valence-corrected chi connectivity index (χ3v) is 4.75. The van der Waals surface area contributed by atoms with E-state index in [-0.39, 0.29) is 5.75 Å². The second-order valence-corrected chi connectivity index (χ2v) is 6.44. The number of nitrogens with one attached hydrogen (secondary N) is 1. The Bertz CT molecular complexity index is 707. The van der Waals surface area contributed by atoms with Crippen molar-refractivity contribution in [2.75, 3.05) is 16.8 Å². The van der Waals surface area contributed by atoms with Crippen LogP contribution < -0.4 is 11.1 Å². The number of anilines is 2. The molecule has 2 aromatic rings. The molecule has 1 unspecified atom stereocenters. The summed E-state index contributed by atoms with van der Waals surface area (Å²) in [5.74, 6) is -0.643. The number of benzene rings is 2. The molecule has 3 N–H and O–H groups in total. The zero-order valence-electron chi connectivity index (χ0n) is 10.8. The van der Waals surface area contributed by atoms with Crippen molar-refractivity contribution in [1.29, 1.82) is 0 Å². The number of rotatable bonds is 4. The lowest BCUT2D eigenvalue weighted by atomic mass is 10.3. The summed E-state index contributed by atoms with van der Waals surface area (Å²) in [5.41, 5.74) is 6.49. The average molecular weight is 343 g/mol. The van der Waals surface area contributed by atoms with E-state index in [4.69, 9.17) is 28.9 Å². The van der Waals surface area contributed by atoms with Gasteiger partial charge in [-0.05, 0) is 30.3 Å². The van der Waals surface area contributed by atoms with E-state index < -0.39 is 16.7 Å². The van der Waals surface area contributed by atoms with Crippen molar-refractivity contribution < 1.29 is 9.00 Å². The predicted molar refractivity (Wildman–Crippen MR) is 87.2 cm³/mol. The number of nitrogen functional groups attached to an aromatic ring is 1. The van der Waals surface area contributed by atoms with E-state index in [9.17, 15) is 9.00 Å². The van der Waals surface area contributed by atoms with Crippen LogP contribution in [0, 0.1) is 0 Å². The van der Waals surface area contributed by atoms with E-state index in [1.165, 1.54) is 0 Å². The molecule has 0 saturated heterocycles. The van der Waals surface area contributed by atoms with E-state index >= 15 is 0 Å². The van der Waals surface area contributed by atoms with Gasteiger partial charge >= 0.3 is 0 Å². The fourth-order valence-corrected chi connectivity index (χ4v) is 3.19. The molecular weight excluding hydrogens is 331 g/mol. The molecule has 0 bridgehead atoms. The number of amides is 1. The molecular formula is C14H12Cl2N2O2S. The summed E-state index contributed by atoms with van der Waals surface area (Å²) in [4.78, 5) is 12.3. The lowest BCUT2D eigenvalue weighted by molar-refractivity contribution is -0.113. The zero-order chi connectivity index (χ0) is 15.4. The topological polar surface area (TPSA) is 72.2 Å². The Balaban J connectivity index is 2.07. The van der Waals surface area contributed by atoms with E-state index in [1.54, 1.807) is 42.5 Å². The highest BCUT2D eigenvalue weighted by atomic mass is 35.5. The maximum Gasteiger partial charge on any atom is 0.237 e. The molecule has 7 heteroatoms. The van der Waals surface area contributed by atoms with Gasteiger partial charge in [0.05, 0.1) is 31.4 Å². The SMILES string of the molecule is Nc1ccc(Cl)c(NC(=O)CS(=O)c2ccccc2Cl)c1. The van der Waals surface area contributed by atoms with Gasteiger partial charge in [-0.2, -0.15) is 0 Å². The largest absolute Gasteiger partial charge is 0.399 e. The van der Waals surface area contributed by atoms with Gasteiger partial charge in [0.1, 0.15) is 5.75 Å². The summed E-state index contributed by atoms with van der Waals surface area (Å²) in [7, 11) is -1.53. The number of carbonyl (C=O) groups excluding carboxylic acids is 1. The summed E-state index contributed by atoms with van der Waals surface area (Å²) >= 11 is 11.9. The van der Waals surface area contributed by atoms with Crippen LogP contribution in [0.1, 0.15) is 0 Å². The van der Waals surface area contributed by atoms with Crippen molar-refractivity contribution in [1.82, 2.24) is 0 Å². The van der Waals surface area contributed by atoms with Crippen molar-refractivity contribution in [2.24, 2.45) is 0 Å². The second-order valence-electron chi connectivity index (χ2n) is 4.21. The van der Waals surface area contributed by atoms with Gasteiger partial charge < -0.3 is 11.1 Å². The Morgan fingerprint density at radius 2 is 1.86 bits per heavy atom. The normalized spacial score (nSPS) is 11.9. The molecule has 21 heavy (non-hydrogen) atoms. The number of carbonyl (C=O) groups is 1. The Morgan fingerprint density at radius 1 is 1.14 bits per heavy atom. The first-order valence-electron chi connectivity index (χ1n) is 5.95. The fraction of sp³-hybridized carbons (Fsp3) is 0.0714. The first-order chi connectivity index (χ1) is 9.97. The fourth-order valence-electron chi connectivity index (χ4n) is 1.65. The molecule has 4 nitrogen and oxygen atoms in total. The number of hydrogen-bond acceptors (Lipinski definition) is 3. The van der Waals surface area contributed by atoms with Crippen LogP contribution in [0.3, 0.4) is 0 Å². The van der Waals surface area contributed by atoms with Crippen molar-refractivity contribution in [3.63, 3.8) is 0 Å². The Morgan fingerprint density at radius 3 is 2.57 bits per heavy atom. The highest BCUT2D eigenvalue weighted by Crippen LogP contribution is 2.24. The summed E-state index contributed by atoms with van der Waals surface area (Å²) in [6.45, 7) is 0. The van der Waals surface area contributed by atoms with E-state index in [0.29, 0.717) is 26.3 Å². The van der Waals surface area contributed by atoms with Crippen LogP contribution in [0.2, 0.25) is 10.0 Å². The number of hydrogen-bond donors (Lipinski definition) is 2. The van der Waals surface area contributed by atoms with Gasteiger partial charge in [-0.15, -0.1) is 0 Å². The van der Waals surface area contributed by atoms with Gasteiger partial charge in [-0.3, -0.25) is 9.00 Å². The molecule has 0 aromatic heterocycles. The maximum absolute atomic E-state index is 12.1. The molecule has 2 aromatic carbocycles. The molecule has 2 rings (SSSR count). The molecule has 1 atom stereocenters. The first kappa shape index (κ1) is 15.8. The van der Waals surface area contributed by atoms with Crippen molar-refractivity contribution >= 4 is 51.3 Å². The molecule has 110 valence electrons. The van der Waals surface area contributed by atoms with E-state index in [1.807, 2.05) is 0 Å². The minimum atomic E-state index is -1.53. The van der Waals surface area contributed by atoms with Crippen LogP contribution in [0.5, 0.6) is 0 Å². The summed E-state index contributed by atoms with van der Waals surface area (Å²) < 4.78 is 12.1. The lowest BCUT2D eigenvalue weighted by Gasteiger charge is -2.08. The standard InChI is InChI=1S/C14H12Cl2N2O2S/c15-10-6-5-9(17)7-12(10)18-14(19)8-21(20)13-4-2-1-3-11(13)16/h1-7H,8,17H2,(H,18,19). The van der Waals surface area contributed by atoms with Crippen molar-refractivity contribution in [2.45, 2.75) is 4.90 Å². The number of halogens is 2. The molecule has 0 radical (unpaired) electrons. The van der Waals surface area contributed by atoms with Gasteiger partial charge in [0, 0.05) is 5.69 Å². The molecule has 0 aliphatic heterocycles. The molecule has 1 amide bonds. The molecule has 0 spiro atoms. The highest BCUT2D eigenvalue weighted by molar-refractivity contribution is 7.86. The predicted octanol–water partition coefficient (Wildman–Crippen LogP) is 3.32. The minimum Gasteiger partial charge on any atom is -0.399 e. The Kier molecular flexibility index (Phi) is 5.22. The second kappa shape index (κ2) is 6.93. The minimum absolute atomic E-state index is 0.213. The maximum atomic E-state index is 12.1. The molecule has 0 saturated carbocycles. The summed E-state index contributed by atoms with van der Waals surface area (Å²) in [6, 6.07) is 11.4. The van der Waals surface area contributed by atoms with Crippen molar-refractivity contribution in [3.8, 4) is 0 Å². The monoisotopic (exact) mass is 342 g/mol. The van der Waals surface area contributed by atoms with Crippen LogP contribution >= 0.6 is 23.2 Å². The Labute approximate surface area is 134 Å². The van der Waals surface area contributed by atoms with Crippen LogP contribution in [0.15, 0.2) is 47.4 Å². The summed E-state index contributed by atoms with van der Waals surface area (Å²) in [6.07, 6.45) is 0. The quantitative estimate of drug-likeness (QED) is 0.837. The van der Waals surface area contributed by atoms with Crippen LogP contribution in [-0.4, -0.2) is 15.9 Å². The molecule has 0 aliphatic rings. The van der Waals surface area contributed by atoms with Gasteiger partial charge in [0.25, 0.3) is 0 Å². The highest BCUT2D eigenvalue weighted by Gasteiger charge is 2.14. The third-order valence-electron chi connectivity index (χ3n) is 2.61. The van der Waals surface area contributed by atoms with Gasteiger partial charge in [0.15, 0.2) is 0 Å². The average Bonchev–Trinajstić information content (AvgIpc) is 2.43. The van der Waals surface area contributed by atoms with E-state index in [0.717, 1.165) is 0 Å². The third kappa shape index (κ3) is 4.20. The van der Waals surface area contributed by atoms with Gasteiger partial charge in [0.2, 0.25) is 5.91 Å². The van der Waals surface area contributed by atoms with Crippen LogP contribution in [0.25, 0.3) is 0 Å². The zero-order valence-corrected chi connectivity index (χ0v) is 13.1. The molecule has 0 fully saturated rings. The van der Waals surface area contributed by atoms with Gasteiger partial charge in [-0.25, -0.2) is 0 Å². The van der Waals surface area contributed by atoms with Gasteiger partial charge in [-0.1, -0.05) is 35.3 Å².